The van der Waals surface area contributed by atoms with Gasteiger partial charge in [-0.25, -0.2) is 4.79 Å². The highest BCUT2D eigenvalue weighted by Crippen LogP contribution is 2.48. The zero-order valence-corrected chi connectivity index (χ0v) is 13.6. The molecule has 0 aromatic heterocycles. The van der Waals surface area contributed by atoms with Gasteiger partial charge in [-0.1, -0.05) is 38.3 Å². The van der Waals surface area contributed by atoms with Crippen molar-refractivity contribution in [3.63, 3.8) is 0 Å². The van der Waals surface area contributed by atoms with E-state index in [4.69, 9.17) is 5.11 Å². The molecule has 1 N–H and O–H groups in total. The molecule has 120 valence electrons. The number of carboxylic acids is 1. The van der Waals surface area contributed by atoms with Gasteiger partial charge in [0.2, 0.25) is 0 Å². The van der Waals surface area contributed by atoms with Crippen molar-refractivity contribution in [1.29, 1.82) is 0 Å². The van der Waals surface area contributed by atoms with Gasteiger partial charge in [-0.3, -0.25) is 0 Å². The first-order chi connectivity index (χ1) is 10.7. The maximum Gasteiger partial charge on any atom is 0.335 e. The highest BCUT2D eigenvalue weighted by molar-refractivity contribution is 5.87. The standard InChI is InChI=1S/C20H28O2/c1-2-3-14-4-5-19-13-18(11-10-17(19)12-14)15-6-8-16(9-7-15)20(21)22/h6-9,14,17-19H,2-5,10-13H2,1H3,(H,21,22). The number of carbonyl (C=O) groups is 1. The van der Waals surface area contributed by atoms with E-state index in [0.29, 0.717) is 11.5 Å². The summed E-state index contributed by atoms with van der Waals surface area (Å²) in [6, 6.07) is 7.61. The van der Waals surface area contributed by atoms with Gasteiger partial charge in [0.1, 0.15) is 0 Å². The maximum absolute atomic E-state index is 11.0. The Balaban J connectivity index is 1.61. The fraction of sp³-hybridized carbons (Fsp3) is 0.650. The molecule has 0 saturated heterocycles. The van der Waals surface area contributed by atoms with E-state index in [1.54, 1.807) is 12.1 Å². The van der Waals surface area contributed by atoms with Crippen molar-refractivity contribution in [2.75, 3.05) is 0 Å². The minimum absolute atomic E-state index is 0.400. The Bertz CT molecular complexity index is 505. The fourth-order valence-corrected chi connectivity index (χ4v) is 4.86. The molecule has 2 nitrogen and oxygen atoms in total. The molecular weight excluding hydrogens is 272 g/mol. The first kappa shape index (κ1) is 15.6. The third-order valence-corrected chi connectivity index (χ3v) is 6.05. The summed E-state index contributed by atoms with van der Waals surface area (Å²) in [6.07, 6.45) is 11.0. The van der Waals surface area contributed by atoms with Gasteiger partial charge in [0, 0.05) is 0 Å². The summed E-state index contributed by atoms with van der Waals surface area (Å²) in [7, 11) is 0. The molecule has 0 heterocycles. The third-order valence-electron chi connectivity index (χ3n) is 6.05. The van der Waals surface area contributed by atoms with Gasteiger partial charge in [0.15, 0.2) is 0 Å². The molecular formula is C20H28O2. The molecule has 2 heteroatoms. The molecule has 0 radical (unpaired) electrons. The van der Waals surface area contributed by atoms with Gasteiger partial charge in [-0.05, 0) is 73.5 Å². The molecule has 0 aliphatic heterocycles. The number of carboxylic acid groups (broad SMARTS) is 1. The average Bonchev–Trinajstić information content (AvgIpc) is 2.55. The maximum atomic E-state index is 11.0. The van der Waals surface area contributed by atoms with Crippen LogP contribution in [0.2, 0.25) is 0 Å². The Morgan fingerprint density at radius 1 is 1.05 bits per heavy atom. The minimum Gasteiger partial charge on any atom is -0.478 e. The van der Waals surface area contributed by atoms with E-state index in [2.05, 4.69) is 6.92 Å². The second-order valence-electron chi connectivity index (χ2n) is 7.43. The summed E-state index contributed by atoms with van der Waals surface area (Å²) in [5.74, 6) is 2.67. The lowest BCUT2D eigenvalue weighted by Gasteiger charge is -2.42. The van der Waals surface area contributed by atoms with Gasteiger partial charge in [-0.15, -0.1) is 0 Å². The van der Waals surface area contributed by atoms with Crippen molar-refractivity contribution in [2.24, 2.45) is 17.8 Å². The molecule has 2 aliphatic rings. The predicted molar refractivity (Wildman–Crippen MR) is 89.2 cm³/mol. The van der Waals surface area contributed by atoms with Crippen LogP contribution in [0.15, 0.2) is 24.3 Å². The first-order valence-corrected chi connectivity index (χ1v) is 9.00. The molecule has 2 fully saturated rings. The summed E-state index contributed by atoms with van der Waals surface area (Å²) < 4.78 is 0. The van der Waals surface area contributed by atoms with Crippen LogP contribution in [0, 0.1) is 17.8 Å². The van der Waals surface area contributed by atoms with E-state index >= 15 is 0 Å². The number of hydrogen-bond donors (Lipinski definition) is 1. The number of benzene rings is 1. The topological polar surface area (TPSA) is 37.3 Å². The molecule has 22 heavy (non-hydrogen) atoms. The van der Waals surface area contributed by atoms with Crippen LogP contribution >= 0.6 is 0 Å². The van der Waals surface area contributed by atoms with E-state index < -0.39 is 5.97 Å². The van der Waals surface area contributed by atoms with E-state index in [1.807, 2.05) is 12.1 Å². The van der Waals surface area contributed by atoms with Gasteiger partial charge < -0.3 is 5.11 Å². The number of fused-ring (bicyclic) bond motifs is 1. The zero-order chi connectivity index (χ0) is 15.5. The predicted octanol–water partition coefficient (Wildman–Crippen LogP) is 5.48. The highest BCUT2D eigenvalue weighted by Gasteiger charge is 2.35. The minimum atomic E-state index is -0.829. The van der Waals surface area contributed by atoms with Crippen molar-refractivity contribution in [1.82, 2.24) is 0 Å². The van der Waals surface area contributed by atoms with Crippen LogP contribution in [0.5, 0.6) is 0 Å². The Labute approximate surface area is 133 Å². The lowest BCUT2D eigenvalue weighted by atomic mass is 9.63. The van der Waals surface area contributed by atoms with Crippen LogP contribution in [-0.4, -0.2) is 11.1 Å². The smallest absolute Gasteiger partial charge is 0.335 e. The van der Waals surface area contributed by atoms with Crippen LogP contribution in [0.1, 0.15) is 80.1 Å². The summed E-state index contributed by atoms with van der Waals surface area (Å²) in [5, 5.41) is 9.01. The van der Waals surface area contributed by atoms with E-state index in [9.17, 15) is 4.79 Å². The Hall–Kier alpha value is -1.31. The van der Waals surface area contributed by atoms with Crippen molar-refractivity contribution >= 4 is 5.97 Å². The zero-order valence-electron chi connectivity index (χ0n) is 13.6. The molecule has 2 saturated carbocycles. The summed E-state index contributed by atoms with van der Waals surface area (Å²) in [5.41, 5.74) is 1.75. The summed E-state index contributed by atoms with van der Waals surface area (Å²) in [4.78, 5) is 11.0. The molecule has 3 rings (SSSR count). The van der Waals surface area contributed by atoms with Crippen molar-refractivity contribution in [2.45, 2.75) is 64.2 Å². The normalized spacial score (nSPS) is 31.5. The van der Waals surface area contributed by atoms with Crippen LogP contribution in [0.25, 0.3) is 0 Å². The van der Waals surface area contributed by atoms with Crippen molar-refractivity contribution in [3.05, 3.63) is 35.4 Å². The molecule has 1 aromatic carbocycles. The Kier molecular flexibility index (Phi) is 4.85. The van der Waals surface area contributed by atoms with E-state index in [0.717, 1.165) is 17.8 Å². The first-order valence-electron chi connectivity index (χ1n) is 9.00. The monoisotopic (exact) mass is 300 g/mol. The van der Waals surface area contributed by atoms with Crippen LogP contribution in [0.4, 0.5) is 0 Å². The largest absolute Gasteiger partial charge is 0.478 e. The lowest BCUT2D eigenvalue weighted by molar-refractivity contribution is 0.0697. The van der Waals surface area contributed by atoms with Crippen molar-refractivity contribution in [3.8, 4) is 0 Å². The lowest BCUT2D eigenvalue weighted by Crippen LogP contribution is -2.30. The molecule has 2 aliphatic carbocycles. The molecule has 0 spiro atoms. The van der Waals surface area contributed by atoms with Crippen LogP contribution in [-0.2, 0) is 0 Å². The molecule has 0 bridgehead atoms. The number of rotatable bonds is 4. The van der Waals surface area contributed by atoms with Gasteiger partial charge in [0.25, 0.3) is 0 Å². The average molecular weight is 300 g/mol. The van der Waals surface area contributed by atoms with Crippen molar-refractivity contribution < 1.29 is 9.90 Å². The van der Waals surface area contributed by atoms with Gasteiger partial charge in [0.05, 0.1) is 5.56 Å². The molecule has 0 amide bonds. The fourth-order valence-electron chi connectivity index (χ4n) is 4.86. The number of hydrogen-bond acceptors (Lipinski definition) is 1. The third kappa shape index (κ3) is 3.37. The van der Waals surface area contributed by atoms with E-state index in [1.165, 1.54) is 56.9 Å². The van der Waals surface area contributed by atoms with Gasteiger partial charge >= 0.3 is 5.97 Å². The Morgan fingerprint density at radius 3 is 2.41 bits per heavy atom. The second kappa shape index (κ2) is 6.85. The SMILES string of the molecule is CCCC1CCC2CC(c3ccc(C(=O)O)cc3)CCC2C1. The quantitative estimate of drug-likeness (QED) is 0.799. The van der Waals surface area contributed by atoms with Gasteiger partial charge in [-0.2, -0.15) is 0 Å². The molecule has 4 atom stereocenters. The highest BCUT2D eigenvalue weighted by atomic mass is 16.4. The second-order valence-corrected chi connectivity index (χ2v) is 7.43. The van der Waals surface area contributed by atoms with Crippen LogP contribution < -0.4 is 0 Å². The molecule has 1 aromatic rings. The molecule has 4 unspecified atom stereocenters. The van der Waals surface area contributed by atoms with Crippen LogP contribution in [0.3, 0.4) is 0 Å². The number of aromatic carboxylic acids is 1. The van der Waals surface area contributed by atoms with E-state index in [-0.39, 0.29) is 0 Å². The Morgan fingerprint density at radius 2 is 1.73 bits per heavy atom. The summed E-state index contributed by atoms with van der Waals surface area (Å²) >= 11 is 0. The summed E-state index contributed by atoms with van der Waals surface area (Å²) in [6.45, 7) is 2.31.